The largest absolute Gasteiger partial charge is 0.312 e. The van der Waals surface area contributed by atoms with Crippen molar-refractivity contribution in [3.8, 4) is 6.07 Å². The highest BCUT2D eigenvalue weighted by Gasteiger charge is 2.32. The molecule has 162 valence electrons. The predicted molar refractivity (Wildman–Crippen MR) is 128 cm³/mol. The zero-order valence-electron chi connectivity index (χ0n) is 18.6. The molecule has 4 nitrogen and oxygen atoms in total. The van der Waals surface area contributed by atoms with Gasteiger partial charge in [0, 0.05) is 16.0 Å². The number of fused-ring (bicyclic) bond motifs is 1. The molecule has 1 amide bonds. The molecule has 1 unspecified atom stereocenters. The van der Waals surface area contributed by atoms with Gasteiger partial charge in [0.15, 0.2) is 5.78 Å². The molecule has 0 spiro atoms. The standard InChI is InChI=1S/C27H26N2O2S/c1-27(2,3)18-13-14-19-22(16-28)26(32-23(19)15-18)29-25(31)21-12-8-7-11-20(21)24(30)17-9-5-4-6-10-17/h4-12,18H,13-15H2,1-3H3,(H,29,31). The van der Waals surface area contributed by atoms with Gasteiger partial charge in [0.1, 0.15) is 11.1 Å². The zero-order valence-corrected chi connectivity index (χ0v) is 19.4. The number of nitrogens with zero attached hydrogens (tertiary/aromatic N) is 1. The van der Waals surface area contributed by atoms with Crippen molar-refractivity contribution in [1.82, 2.24) is 0 Å². The van der Waals surface area contributed by atoms with Crippen LogP contribution in [0, 0.1) is 22.7 Å². The summed E-state index contributed by atoms with van der Waals surface area (Å²) in [7, 11) is 0. The van der Waals surface area contributed by atoms with E-state index >= 15 is 0 Å². The molecule has 32 heavy (non-hydrogen) atoms. The third-order valence-corrected chi connectivity index (χ3v) is 7.45. The molecule has 2 aromatic carbocycles. The van der Waals surface area contributed by atoms with Gasteiger partial charge in [-0.1, -0.05) is 69.3 Å². The number of nitrogens with one attached hydrogen (secondary N) is 1. The number of nitriles is 1. The highest BCUT2D eigenvalue weighted by molar-refractivity contribution is 7.16. The van der Waals surface area contributed by atoms with E-state index in [2.05, 4.69) is 32.2 Å². The maximum atomic E-state index is 13.2. The van der Waals surface area contributed by atoms with Crippen LogP contribution in [0.4, 0.5) is 5.00 Å². The third-order valence-electron chi connectivity index (χ3n) is 6.28. The summed E-state index contributed by atoms with van der Waals surface area (Å²) in [5.74, 6) is -0.0179. The van der Waals surface area contributed by atoms with Gasteiger partial charge in [0.05, 0.1) is 11.1 Å². The number of anilines is 1. The third kappa shape index (κ3) is 4.24. The molecule has 0 fully saturated rings. The summed E-state index contributed by atoms with van der Waals surface area (Å²) < 4.78 is 0. The summed E-state index contributed by atoms with van der Waals surface area (Å²) in [5.41, 5.74) is 3.03. The smallest absolute Gasteiger partial charge is 0.257 e. The summed E-state index contributed by atoms with van der Waals surface area (Å²) in [6.07, 6.45) is 2.83. The fraction of sp³-hybridized carbons (Fsp3) is 0.296. The Labute approximate surface area is 192 Å². The van der Waals surface area contributed by atoms with Gasteiger partial charge in [-0.05, 0) is 42.2 Å². The maximum Gasteiger partial charge on any atom is 0.257 e. The zero-order chi connectivity index (χ0) is 22.9. The van der Waals surface area contributed by atoms with Crippen LogP contribution in [0.3, 0.4) is 0 Å². The van der Waals surface area contributed by atoms with E-state index in [0.29, 0.717) is 33.2 Å². The lowest BCUT2D eigenvalue weighted by Gasteiger charge is -2.33. The lowest BCUT2D eigenvalue weighted by atomic mass is 9.72. The van der Waals surface area contributed by atoms with E-state index in [1.165, 1.54) is 16.2 Å². The van der Waals surface area contributed by atoms with Crippen LogP contribution in [-0.4, -0.2) is 11.7 Å². The normalized spacial score (nSPS) is 15.5. The summed E-state index contributed by atoms with van der Waals surface area (Å²) >= 11 is 1.50. The Morgan fingerprint density at radius 1 is 1.03 bits per heavy atom. The topological polar surface area (TPSA) is 70.0 Å². The molecule has 1 N–H and O–H groups in total. The average Bonchev–Trinajstić information content (AvgIpc) is 3.14. The van der Waals surface area contributed by atoms with Gasteiger partial charge in [0.25, 0.3) is 5.91 Å². The van der Waals surface area contributed by atoms with Crippen LogP contribution in [0.2, 0.25) is 0 Å². The highest BCUT2D eigenvalue weighted by atomic mass is 32.1. The van der Waals surface area contributed by atoms with Crippen LogP contribution in [0.1, 0.15) is 69.5 Å². The summed E-state index contributed by atoms with van der Waals surface area (Å²) in [6.45, 7) is 6.76. The van der Waals surface area contributed by atoms with Crippen LogP contribution in [0.5, 0.6) is 0 Å². The molecule has 1 heterocycles. The number of carbonyl (C=O) groups excluding carboxylic acids is 2. The lowest BCUT2D eigenvalue weighted by Crippen LogP contribution is -2.26. The molecule has 4 rings (SSSR count). The average molecular weight is 443 g/mol. The molecule has 1 aliphatic carbocycles. The SMILES string of the molecule is CC(C)(C)C1CCc2c(sc(NC(=O)c3ccccc3C(=O)c3ccccc3)c2C#N)C1. The molecule has 1 aromatic heterocycles. The Morgan fingerprint density at radius 2 is 1.69 bits per heavy atom. The first-order valence-corrected chi connectivity index (χ1v) is 11.7. The fourth-order valence-corrected chi connectivity index (χ4v) is 5.60. The van der Waals surface area contributed by atoms with Gasteiger partial charge in [-0.15, -0.1) is 11.3 Å². The van der Waals surface area contributed by atoms with Gasteiger partial charge in [-0.3, -0.25) is 9.59 Å². The molecule has 5 heteroatoms. The van der Waals surface area contributed by atoms with Crippen molar-refractivity contribution in [3.05, 3.63) is 87.3 Å². The Hall–Kier alpha value is -3.23. The van der Waals surface area contributed by atoms with Crippen molar-refractivity contribution < 1.29 is 9.59 Å². The van der Waals surface area contributed by atoms with Gasteiger partial charge >= 0.3 is 0 Å². The number of hydrogen-bond acceptors (Lipinski definition) is 4. The molecule has 0 aliphatic heterocycles. The molecular weight excluding hydrogens is 416 g/mol. The van der Waals surface area contributed by atoms with E-state index < -0.39 is 0 Å². The van der Waals surface area contributed by atoms with E-state index in [0.717, 1.165) is 24.8 Å². The minimum absolute atomic E-state index is 0.199. The minimum Gasteiger partial charge on any atom is -0.312 e. The minimum atomic E-state index is -0.368. The van der Waals surface area contributed by atoms with Crippen molar-refractivity contribution in [3.63, 3.8) is 0 Å². The second-order valence-electron chi connectivity index (χ2n) is 9.32. The van der Waals surface area contributed by atoms with Gasteiger partial charge in [-0.2, -0.15) is 5.26 Å². The quantitative estimate of drug-likeness (QED) is 0.485. The van der Waals surface area contributed by atoms with E-state index in [1.54, 1.807) is 48.5 Å². The van der Waals surface area contributed by atoms with Crippen molar-refractivity contribution in [2.45, 2.75) is 40.0 Å². The van der Waals surface area contributed by atoms with Crippen LogP contribution in [0.15, 0.2) is 54.6 Å². The molecule has 0 radical (unpaired) electrons. The molecule has 3 aromatic rings. The van der Waals surface area contributed by atoms with E-state index in [9.17, 15) is 14.9 Å². The number of ketones is 1. The van der Waals surface area contributed by atoms with E-state index in [1.807, 2.05) is 6.07 Å². The number of benzene rings is 2. The first-order valence-electron chi connectivity index (χ1n) is 10.8. The van der Waals surface area contributed by atoms with Crippen LogP contribution in [-0.2, 0) is 12.8 Å². The lowest BCUT2D eigenvalue weighted by molar-refractivity contribution is 0.0996. The first-order chi connectivity index (χ1) is 15.3. The molecule has 1 atom stereocenters. The summed E-state index contributed by atoms with van der Waals surface area (Å²) in [6, 6.07) is 18.1. The van der Waals surface area contributed by atoms with Gasteiger partial charge < -0.3 is 5.32 Å². The highest BCUT2D eigenvalue weighted by Crippen LogP contribution is 2.44. The van der Waals surface area contributed by atoms with Crippen LogP contribution < -0.4 is 5.32 Å². The predicted octanol–water partition coefficient (Wildman–Crippen LogP) is 6.25. The Balaban J connectivity index is 1.63. The van der Waals surface area contributed by atoms with E-state index in [-0.39, 0.29) is 17.1 Å². The first kappa shape index (κ1) is 22.0. The molecule has 0 saturated heterocycles. The number of thiophene rings is 1. The van der Waals surface area contributed by atoms with Crippen molar-refractivity contribution in [2.75, 3.05) is 5.32 Å². The molecule has 0 saturated carbocycles. The number of carbonyl (C=O) groups is 2. The number of amides is 1. The fourth-order valence-electron chi connectivity index (χ4n) is 4.33. The Bertz CT molecular complexity index is 1210. The van der Waals surface area contributed by atoms with Crippen molar-refractivity contribution in [1.29, 1.82) is 5.26 Å². The second kappa shape index (κ2) is 8.72. The van der Waals surface area contributed by atoms with E-state index in [4.69, 9.17) is 0 Å². The van der Waals surface area contributed by atoms with Crippen LogP contribution in [0.25, 0.3) is 0 Å². The summed E-state index contributed by atoms with van der Waals surface area (Å²) in [4.78, 5) is 27.4. The number of hydrogen-bond donors (Lipinski definition) is 1. The van der Waals surface area contributed by atoms with Crippen molar-refractivity contribution >= 4 is 28.0 Å². The summed E-state index contributed by atoms with van der Waals surface area (Å²) in [5, 5.41) is 13.3. The van der Waals surface area contributed by atoms with Gasteiger partial charge in [0.2, 0.25) is 0 Å². The second-order valence-corrected chi connectivity index (χ2v) is 10.4. The monoisotopic (exact) mass is 442 g/mol. The van der Waals surface area contributed by atoms with Crippen LogP contribution >= 0.6 is 11.3 Å². The maximum absolute atomic E-state index is 13.2. The van der Waals surface area contributed by atoms with Crippen molar-refractivity contribution in [2.24, 2.45) is 11.3 Å². The Kier molecular flexibility index (Phi) is 5.99. The molecular formula is C27H26N2O2S. The molecule has 1 aliphatic rings. The van der Waals surface area contributed by atoms with Gasteiger partial charge in [-0.25, -0.2) is 0 Å². The molecule has 0 bridgehead atoms. The Morgan fingerprint density at radius 3 is 2.34 bits per heavy atom. The number of rotatable bonds is 4.